The van der Waals surface area contributed by atoms with Crippen molar-refractivity contribution in [2.75, 3.05) is 20.2 Å². The maximum absolute atomic E-state index is 11.0. The van der Waals surface area contributed by atoms with Crippen LogP contribution < -0.4 is 9.44 Å². The van der Waals surface area contributed by atoms with E-state index in [9.17, 15) is 13.2 Å². The zero-order valence-corrected chi connectivity index (χ0v) is 8.80. The number of carbonyl (C=O) groups is 1. The van der Waals surface area contributed by atoms with Crippen LogP contribution in [0.3, 0.4) is 0 Å². The van der Waals surface area contributed by atoms with Gasteiger partial charge in [-0.15, -0.1) is 0 Å². The molecule has 0 heterocycles. The van der Waals surface area contributed by atoms with E-state index in [1.54, 1.807) is 6.92 Å². The Labute approximate surface area is 82.6 Å². The molecule has 1 atom stereocenters. The lowest BCUT2D eigenvalue weighted by molar-refractivity contribution is -0.149. The van der Waals surface area contributed by atoms with Crippen LogP contribution >= 0.6 is 0 Å². The van der Waals surface area contributed by atoms with Crippen molar-refractivity contribution in [3.8, 4) is 0 Å². The summed E-state index contributed by atoms with van der Waals surface area (Å²) in [6.45, 7) is 1.42. The second-order valence-electron chi connectivity index (χ2n) is 2.39. The van der Waals surface area contributed by atoms with Gasteiger partial charge in [0.05, 0.1) is 7.11 Å². The smallest absolute Gasteiger partial charge is 0.336 e. The highest BCUT2D eigenvalue weighted by molar-refractivity contribution is 7.87. The number of esters is 1. The van der Waals surface area contributed by atoms with Gasteiger partial charge in [0.25, 0.3) is 10.2 Å². The number of aliphatic hydroxyl groups is 1. The normalized spacial score (nSPS) is 13.6. The Morgan fingerprint density at radius 1 is 1.50 bits per heavy atom. The predicted molar refractivity (Wildman–Crippen MR) is 48.6 cm³/mol. The van der Waals surface area contributed by atoms with Gasteiger partial charge in [0, 0.05) is 13.1 Å². The molecule has 0 aromatic rings. The third-order valence-corrected chi connectivity index (χ3v) is 2.49. The Hall–Kier alpha value is -0.700. The zero-order chi connectivity index (χ0) is 11.2. The Balaban J connectivity index is 4.00. The van der Waals surface area contributed by atoms with Crippen LogP contribution in [0.25, 0.3) is 0 Å². The number of nitrogens with one attached hydrogen (secondary N) is 2. The van der Waals surface area contributed by atoms with Gasteiger partial charge in [-0.05, 0) is 0 Å². The predicted octanol–water partition coefficient (Wildman–Crippen LogP) is -2.04. The van der Waals surface area contributed by atoms with E-state index in [1.165, 1.54) is 0 Å². The van der Waals surface area contributed by atoms with Gasteiger partial charge in [0.1, 0.15) is 0 Å². The summed E-state index contributed by atoms with van der Waals surface area (Å²) < 4.78 is 30.2. The lowest BCUT2D eigenvalue weighted by Crippen LogP contribution is -2.42. The van der Waals surface area contributed by atoms with Gasteiger partial charge in [0.2, 0.25) is 0 Å². The summed E-state index contributed by atoms with van der Waals surface area (Å²) in [6, 6.07) is 0. The molecule has 0 aliphatic carbocycles. The molecule has 0 aliphatic rings. The van der Waals surface area contributed by atoms with Crippen LogP contribution in [0.1, 0.15) is 6.92 Å². The van der Waals surface area contributed by atoms with Crippen LogP contribution in [0.2, 0.25) is 0 Å². The van der Waals surface area contributed by atoms with E-state index in [-0.39, 0.29) is 6.54 Å². The molecule has 84 valence electrons. The fourth-order valence-corrected chi connectivity index (χ4v) is 1.51. The highest BCUT2D eigenvalue weighted by Crippen LogP contribution is 1.86. The van der Waals surface area contributed by atoms with Crippen molar-refractivity contribution in [1.82, 2.24) is 9.44 Å². The van der Waals surface area contributed by atoms with Crippen LogP contribution in [0.4, 0.5) is 0 Å². The van der Waals surface area contributed by atoms with Crippen molar-refractivity contribution in [1.29, 1.82) is 0 Å². The summed E-state index contributed by atoms with van der Waals surface area (Å²) >= 11 is 0. The van der Waals surface area contributed by atoms with Gasteiger partial charge in [-0.1, -0.05) is 6.92 Å². The third-order valence-electron chi connectivity index (χ3n) is 1.27. The number of rotatable bonds is 6. The molecule has 0 radical (unpaired) electrons. The first kappa shape index (κ1) is 13.3. The van der Waals surface area contributed by atoms with Crippen LogP contribution in [-0.4, -0.2) is 45.8 Å². The van der Waals surface area contributed by atoms with E-state index in [4.69, 9.17) is 5.11 Å². The first-order valence-electron chi connectivity index (χ1n) is 3.93. The molecule has 0 amide bonds. The molecule has 0 bridgehead atoms. The molecule has 0 aliphatic heterocycles. The van der Waals surface area contributed by atoms with Gasteiger partial charge < -0.3 is 9.84 Å². The molecule has 14 heavy (non-hydrogen) atoms. The Morgan fingerprint density at radius 3 is 2.50 bits per heavy atom. The van der Waals surface area contributed by atoms with Crippen molar-refractivity contribution in [3.63, 3.8) is 0 Å². The molecule has 0 aromatic carbocycles. The Morgan fingerprint density at radius 2 is 2.07 bits per heavy atom. The van der Waals surface area contributed by atoms with Gasteiger partial charge in [0.15, 0.2) is 6.10 Å². The zero-order valence-electron chi connectivity index (χ0n) is 7.98. The summed E-state index contributed by atoms with van der Waals surface area (Å²) in [5.41, 5.74) is 0. The van der Waals surface area contributed by atoms with Gasteiger partial charge in [-0.25, -0.2) is 9.52 Å². The lowest BCUT2D eigenvalue weighted by Gasteiger charge is -2.09. The summed E-state index contributed by atoms with van der Waals surface area (Å²) in [5.74, 6) is -0.885. The molecular weight excluding hydrogens is 212 g/mol. The van der Waals surface area contributed by atoms with Crippen molar-refractivity contribution in [3.05, 3.63) is 0 Å². The SMILES string of the molecule is CCNS(=O)(=O)NCC(O)C(=O)OC. The average Bonchev–Trinajstić information content (AvgIpc) is 2.13. The van der Waals surface area contributed by atoms with Gasteiger partial charge in [-0.2, -0.15) is 13.1 Å². The molecule has 0 spiro atoms. The first-order chi connectivity index (χ1) is 6.43. The Bertz CT molecular complexity index is 276. The number of methoxy groups -OCH3 is 1. The maximum atomic E-state index is 11.0. The van der Waals surface area contributed by atoms with Gasteiger partial charge >= 0.3 is 5.97 Å². The largest absolute Gasteiger partial charge is 0.467 e. The summed E-state index contributed by atoms with van der Waals surface area (Å²) in [4.78, 5) is 10.7. The number of hydrogen-bond acceptors (Lipinski definition) is 5. The molecule has 0 aromatic heterocycles. The fraction of sp³-hybridized carbons (Fsp3) is 0.833. The lowest BCUT2D eigenvalue weighted by atomic mass is 10.4. The average molecular weight is 226 g/mol. The van der Waals surface area contributed by atoms with Crippen LogP contribution in [0.5, 0.6) is 0 Å². The minimum absolute atomic E-state index is 0.226. The van der Waals surface area contributed by atoms with Crippen molar-refractivity contribution >= 4 is 16.2 Å². The summed E-state index contributed by atoms with van der Waals surface area (Å²) in [7, 11) is -2.53. The van der Waals surface area contributed by atoms with Crippen LogP contribution in [-0.2, 0) is 19.7 Å². The topological polar surface area (TPSA) is 105 Å². The first-order valence-corrected chi connectivity index (χ1v) is 5.41. The number of hydrogen-bond donors (Lipinski definition) is 3. The molecule has 0 saturated heterocycles. The standard InChI is InChI=1S/C6H14N2O5S/c1-3-7-14(11,12)8-4-5(9)6(10)13-2/h5,7-9H,3-4H2,1-2H3. The molecule has 0 fully saturated rings. The number of aliphatic hydroxyl groups excluding tert-OH is 1. The van der Waals surface area contributed by atoms with Crippen molar-refractivity contribution in [2.24, 2.45) is 0 Å². The molecule has 7 nitrogen and oxygen atoms in total. The molecule has 0 saturated carbocycles. The highest BCUT2D eigenvalue weighted by atomic mass is 32.2. The van der Waals surface area contributed by atoms with E-state index in [0.717, 1.165) is 7.11 Å². The third kappa shape index (κ3) is 5.12. The van der Waals surface area contributed by atoms with E-state index in [2.05, 4.69) is 9.46 Å². The maximum Gasteiger partial charge on any atom is 0.336 e. The summed E-state index contributed by atoms with van der Waals surface area (Å²) in [5, 5.41) is 9.02. The monoisotopic (exact) mass is 226 g/mol. The molecular formula is C6H14N2O5S. The van der Waals surface area contributed by atoms with E-state index < -0.39 is 28.8 Å². The number of ether oxygens (including phenoxy) is 1. The van der Waals surface area contributed by atoms with Crippen LogP contribution in [0, 0.1) is 0 Å². The van der Waals surface area contributed by atoms with E-state index >= 15 is 0 Å². The quantitative estimate of drug-likeness (QED) is 0.453. The Kier molecular flexibility index (Phi) is 5.62. The van der Waals surface area contributed by atoms with Crippen molar-refractivity contribution < 1.29 is 23.1 Å². The molecule has 8 heteroatoms. The van der Waals surface area contributed by atoms with Gasteiger partial charge in [-0.3, -0.25) is 0 Å². The number of carbonyl (C=O) groups excluding carboxylic acids is 1. The van der Waals surface area contributed by atoms with Crippen molar-refractivity contribution in [2.45, 2.75) is 13.0 Å². The minimum Gasteiger partial charge on any atom is -0.467 e. The highest BCUT2D eigenvalue weighted by Gasteiger charge is 2.18. The minimum atomic E-state index is -3.64. The molecule has 0 rings (SSSR count). The second-order valence-corrected chi connectivity index (χ2v) is 3.97. The van der Waals surface area contributed by atoms with E-state index in [0.29, 0.717) is 0 Å². The fourth-order valence-electron chi connectivity index (χ4n) is 0.649. The summed E-state index contributed by atoms with van der Waals surface area (Å²) in [6.07, 6.45) is -1.49. The van der Waals surface area contributed by atoms with E-state index in [1.807, 2.05) is 4.72 Å². The molecule has 3 N–H and O–H groups in total. The second kappa shape index (κ2) is 5.91. The molecule has 1 unspecified atom stereocenters. The van der Waals surface area contributed by atoms with Crippen LogP contribution in [0.15, 0.2) is 0 Å².